The molecule has 1 aliphatic rings. The van der Waals surface area contributed by atoms with Gasteiger partial charge in [-0.1, -0.05) is 6.07 Å². The molecule has 0 amide bonds. The predicted molar refractivity (Wildman–Crippen MR) is 93.9 cm³/mol. The first kappa shape index (κ1) is 16.0. The number of rotatable bonds is 3. The molecule has 2 heterocycles. The maximum Gasteiger partial charge on any atom is 0.163 e. The number of ether oxygens (including phenoxy) is 2. The number of aromatic nitrogens is 2. The summed E-state index contributed by atoms with van der Waals surface area (Å²) in [6.07, 6.45) is 0.973. The first-order valence-electron chi connectivity index (χ1n) is 7.56. The van der Waals surface area contributed by atoms with Crippen LogP contribution >= 0.6 is 15.9 Å². The lowest BCUT2D eigenvalue weighted by Gasteiger charge is -2.25. The van der Waals surface area contributed by atoms with Gasteiger partial charge in [0.25, 0.3) is 0 Å². The van der Waals surface area contributed by atoms with Gasteiger partial charge in [-0.2, -0.15) is 0 Å². The lowest BCUT2D eigenvalue weighted by molar-refractivity contribution is 0.0459. The molecule has 8 heteroatoms. The monoisotopic (exact) mass is 405 g/mol. The summed E-state index contributed by atoms with van der Waals surface area (Å²) in [6.45, 7) is 0.131. The second-order valence-corrected chi connectivity index (χ2v) is 6.35. The molecule has 1 atom stereocenters. The van der Waals surface area contributed by atoms with Crippen LogP contribution < -0.4 is 14.8 Å². The third kappa shape index (κ3) is 2.98. The summed E-state index contributed by atoms with van der Waals surface area (Å²) in [7, 11) is 0. The minimum atomic E-state index is -0.423. The number of fused-ring (bicyclic) bond motifs is 2. The summed E-state index contributed by atoms with van der Waals surface area (Å²) in [5.41, 5.74) is 0.926. The number of benzene rings is 2. The molecule has 0 saturated carbocycles. The first-order valence-corrected chi connectivity index (χ1v) is 8.35. The van der Waals surface area contributed by atoms with Gasteiger partial charge in [-0.15, -0.1) is 0 Å². The molecule has 4 rings (SSSR count). The highest BCUT2D eigenvalue weighted by Gasteiger charge is 2.22. The largest absolute Gasteiger partial charge is 0.486 e. The predicted octanol–water partition coefficient (Wildman–Crippen LogP) is 3.41. The van der Waals surface area contributed by atoms with E-state index in [2.05, 4.69) is 31.2 Å². The molecule has 0 fully saturated rings. The van der Waals surface area contributed by atoms with E-state index >= 15 is 0 Å². The van der Waals surface area contributed by atoms with Gasteiger partial charge in [0.1, 0.15) is 18.8 Å². The van der Waals surface area contributed by atoms with Crippen LogP contribution in [-0.4, -0.2) is 34.4 Å². The quantitative estimate of drug-likeness (QED) is 0.695. The van der Waals surface area contributed by atoms with Crippen molar-refractivity contribution in [1.29, 1.82) is 0 Å². The van der Waals surface area contributed by atoms with E-state index in [9.17, 15) is 9.50 Å². The van der Waals surface area contributed by atoms with E-state index in [0.29, 0.717) is 32.7 Å². The number of nitrogens with zero attached hydrogens (tertiary/aromatic N) is 2. The lowest BCUT2D eigenvalue weighted by Crippen LogP contribution is -2.32. The average Bonchev–Trinajstić information content (AvgIpc) is 2.63. The number of aliphatic hydroxyl groups is 1. The zero-order chi connectivity index (χ0) is 17.4. The second-order valence-electron chi connectivity index (χ2n) is 5.50. The molecule has 1 aliphatic heterocycles. The molecule has 2 N–H and O–H groups in total. The third-order valence-electron chi connectivity index (χ3n) is 3.83. The Morgan fingerprint density at radius 2 is 2.16 bits per heavy atom. The first-order chi connectivity index (χ1) is 12.2. The summed E-state index contributed by atoms with van der Waals surface area (Å²) in [4.78, 5) is 8.44. The lowest BCUT2D eigenvalue weighted by atomic mass is 10.2. The van der Waals surface area contributed by atoms with E-state index in [-0.39, 0.29) is 18.9 Å². The van der Waals surface area contributed by atoms with Gasteiger partial charge in [-0.3, -0.25) is 0 Å². The molecule has 3 aromatic rings. The molecule has 1 aromatic heterocycles. The number of hydrogen-bond donors (Lipinski definition) is 2. The van der Waals surface area contributed by atoms with Crippen molar-refractivity contribution in [2.45, 2.75) is 6.10 Å². The van der Waals surface area contributed by atoms with Crippen LogP contribution in [0, 0.1) is 5.82 Å². The highest BCUT2D eigenvalue weighted by molar-refractivity contribution is 9.10. The highest BCUT2D eigenvalue weighted by atomic mass is 79.9. The maximum atomic E-state index is 14.2. The van der Waals surface area contributed by atoms with Crippen molar-refractivity contribution < 1.29 is 19.0 Å². The van der Waals surface area contributed by atoms with Gasteiger partial charge in [0.15, 0.2) is 23.4 Å². The van der Waals surface area contributed by atoms with Crippen molar-refractivity contribution in [2.75, 3.05) is 18.5 Å². The summed E-state index contributed by atoms with van der Waals surface area (Å²) in [5, 5.41) is 12.9. The van der Waals surface area contributed by atoms with Crippen molar-refractivity contribution in [3.8, 4) is 11.5 Å². The van der Waals surface area contributed by atoms with Crippen LogP contribution in [0.5, 0.6) is 11.5 Å². The minimum Gasteiger partial charge on any atom is -0.486 e. The number of aliphatic hydroxyl groups excluding tert-OH is 1. The van der Waals surface area contributed by atoms with E-state index in [1.165, 1.54) is 6.33 Å². The maximum absolute atomic E-state index is 14.2. The van der Waals surface area contributed by atoms with Crippen LogP contribution in [-0.2, 0) is 0 Å². The Morgan fingerprint density at radius 3 is 3.00 bits per heavy atom. The molecule has 128 valence electrons. The summed E-state index contributed by atoms with van der Waals surface area (Å²) in [6, 6.07) is 8.43. The van der Waals surface area contributed by atoms with E-state index in [4.69, 9.17) is 9.47 Å². The molecule has 0 unspecified atom stereocenters. The van der Waals surface area contributed by atoms with Gasteiger partial charge in [-0.05, 0) is 34.1 Å². The molecular formula is C17H13BrFN3O3. The molecule has 2 aromatic carbocycles. The highest BCUT2D eigenvalue weighted by Crippen LogP contribution is 2.37. The van der Waals surface area contributed by atoms with Gasteiger partial charge in [0, 0.05) is 11.5 Å². The van der Waals surface area contributed by atoms with E-state index in [1.807, 2.05) is 0 Å². The van der Waals surface area contributed by atoms with E-state index in [0.717, 1.165) is 0 Å². The smallest absolute Gasteiger partial charge is 0.163 e. The minimum absolute atomic E-state index is 0.142. The topological polar surface area (TPSA) is 76.5 Å². The molecular weight excluding hydrogens is 393 g/mol. The number of anilines is 2. The summed E-state index contributed by atoms with van der Waals surface area (Å²) in [5.74, 6) is 1.08. The molecule has 0 saturated heterocycles. The van der Waals surface area contributed by atoms with Crippen LogP contribution in [0.3, 0.4) is 0 Å². The third-order valence-corrected chi connectivity index (χ3v) is 4.44. The Hall–Kier alpha value is -2.45. The van der Waals surface area contributed by atoms with Crippen molar-refractivity contribution >= 4 is 38.3 Å². The molecule has 0 spiro atoms. The number of nitrogens with one attached hydrogen (secondary N) is 1. The van der Waals surface area contributed by atoms with Crippen molar-refractivity contribution in [1.82, 2.24) is 9.97 Å². The van der Waals surface area contributed by atoms with Crippen LogP contribution in [0.15, 0.2) is 41.1 Å². The standard InChI is InChI=1S/C17H13BrFN3O3/c18-11-2-1-3-12(16(11)19)22-17-10-4-15-14(5-13(10)20-8-21-17)24-7-9(6-23)25-15/h1-5,8-9,23H,6-7H2,(H,20,21,22)/t9-/m1/s1. The van der Waals surface area contributed by atoms with Gasteiger partial charge in [-0.25, -0.2) is 14.4 Å². The van der Waals surface area contributed by atoms with Gasteiger partial charge in [0.05, 0.1) is 22.3 Å². The summed E-state index contributed by atoms with van der Waals surface area (Å²) < 4.78 is 25.9. The zero-order valence-corrected chi connectivity index (χ0v) is 14.5. The SMILES string of the molecule is OC[C@@H]1COc2cc3ncnc(Nc4cccc(Br)c4F)c3cc2O1. The Labute approximate surface area is 150 Å². The van der Waals surface area contributed by atoms with E-state index in [1.54, 1.807) is 30.3 Å². The Morgan fingerprint density at radius 1 is 1.28 bits per heavy atom. The van der Waals surface area contributed by atoms with Gasteiger partial charge >= 0.3 is 0 Å². The molecule has 0 bridgehead atoms. The normalized spacial score (nSPS) is 16.0. The van der Waals surface area contributed by atoms with Gasteiger partial charge < -0.3 is 19.9 Å². The molecule has 0 radical (unpaired) electrons. The fraction of sp³-hybridized carbons (Fsp3) is 0.176. The van der Waals surface area contributed by atoms with Crippen molar-refractivity contribution in [2.24, 2.45) is 0 Å². The van der Waals surface area contributed by atoms with Crippen molar-refractivity contribution in [3.05, 3.63) is 46.9 Å². The Kier molecular flexibility index (Phi) is 4.14. The van der Waals surface area contributed by atoms with E-state index < -0.39 is 11.9 Å². The summed E-state index contributed by atoms with van der Waals surface area (Å²) >= 11 is 3.16. The molecule has 6 nitrogen and oxygen atoms in total. The number of halogens is 2. The fourth-order valence-electron chi connectivity index (χ4n) is 2.58. The van der Waals surface area contributed by atoms with Crippen LogP contribution in [0.2, 0.25) is 0 Å². The fourth-order valence-corrected chi connectivity index (χ4v) is 2.95. The Balaban J connectivity index is 1.78. The molecule has 25 heavy (non-hydrogen) atoms. The second kappa shape index (κ2) is 6.45. The van der Waals surface area contributed by atoms with Gasteiger partial charge in [0.2, 0.25) is 0 Å². The van der Waals surface area contributed by atoms with Crippen LogP contribution in [0.1, 0.15) is 0 Å². The van der Waals surface area contributed by atoms with Crippen LogP contribution in [0.25, 0.3) is 10.9 Å². The van der Waals surface area contributed by atoms with Crippen LogP contribution in [0.4, 0.5) is 15.9 Å². The number of hydrogen-bond acceptors (Lipinski definition) is 6. The Bertz CT molecular complexity index is 954. The average molecular weight is 406 g/mol. The molecule has 0 aliphatic carbocycles. The zero-order valence-electron chi connectivity index (χ0n) is 12.9. The van der Waals surface area contributed by atoms with Crippen molar-refractivity contribution in [3.63, 3.8) is 0 Å².